The van der Waals surface area contributed by atoms with E-state index in [4.69, 9.17) is 4.74 Å². The average Bonchev–Trinajstić information content (AvgIpc) is 3.40. The summed E-state index contributed by atoms with van der Waals surface area (Å²) in [6, 6.07) is 7.75. The van der Waals surface area contributed by atoms with Crippen LogP contribution in [-0.2, 0) is 30.8 Å². The van der Waals surface area contributed by atoms with Crippen LogP contribution in [0.3, 0.4) is 0 Å². The normalized spacial score (nSPS) is 16.3. The Labute approximate surface area is 268 Å². The molecule has 2 aromatic heterocycles. The maximum atomic E-state index is 14.4. The quantitative estimate of drug-likeness (QED) is 0.235. The molecule has 47 heavy (non-hydrogen) atoms. The van der Waals surface area contributed by atoms with Crippen LogP contribution in [0, 0.1) is 0 Å². The van der Waals surface area contributed by atoms with Crippen molar-refractivity contribution in [1.29, 1.82) is 0 Å². The number of carbonyl (C=O) groups excluding carboxylic acids is 1. The summed E-state index contributed by atoms with van der Waals surface area (Å²) < 4.78 is 115. The number of halogens is 4. The third kappa shape index (κ3) is 7.20. The number of carbonyl (C=O) groups is 1. The van der Waals surface area contributed by atoms with Crippen molar-refractivity contribution in [2.75, 3.05) is 24.4 Å². The third-order valence-electron chi connectivity index (χ3n) is 7.30. The maximum Gasteiger partial charge on any atom is 0.419 e. The number of sulfone groups is 1. The fourth-order valence-electron chi connectivity index (χ4n) is 5.16. The molecule has 1 N–H and O–H groups in total. The Balaban J connectivity index is 1.63. The standard InChI is InChI=1S/C30H31F4N5O6S2/c1-29(2,3)45-28(40)38-13-7-8-19(16-38)36-27-35-15-24(30(32,33)34)26(37-27)23-17-39(47(43,44)20-9-5-4-6-10-20)25-14-21(11-12-22(23)25)46(41,42)18-31/h4-6,9-12,14-15,17,19H,7-8,13,16,18H2,1-3H3,(H,35,36,37)/t19-/m0/s1. The maximum absolute atomic E-state index is 14.4. The molecule has 17 heteroatoms. The average molecular weight is 698 g/mol. The summed E-state index contributed by atoms with van der Waals surface area (Å²) in [6.07, 6.45) is -2.92. The number of aromatic nitrogens is 3. The molecule has 0 aliphatic carbocycles. The zero-order valence-electron chi connectivity index (χ0n) is 25.5. The summed E-state index contributed by atoms with van der Waals surface area (Å²) in [5.41, 5.74) is -3.28. The number of nitrogens with zero attached hydrogens (tertiary/aromatic N) is 4. The van der Waals surface area contributed by atoms with Crippen LogP contribution in [0.15, 0.2) is 70.7 Å². The van der Waals surface area contributed by atoms with Gasteiger partial charge in [-0.3, -0.25) is 0 Å². The number of alkyl halides is 4. The zero-order chi connectivity index (χ0) is 34.4. The number of nitrogens with one attached hydrogen (secondary N) is 1. The highest BCUT2D eigenvalue weighted by Gasteiger charge is 2.37. The van der Waals surface area contributed by atoms with Gasteiger partial charge in [-0.05, 0) is 57.9 Å². The molecule has 5 rings (SSSR count). The lowest BCUT2D eigenvalue weighted by molar-refractivity contribution is -0.137. The molecule has 0 bridgehead atoms. The second-order valence-corrected chi connectivity index (χ2v) is 15.7. The van der Waals surface area contributed by atoms with E-state index in [1.54, 1.807) is 26.8 Å². The number of hydrogen-bond acceptors (Lipinski definition) is 9. The number of anilines is 1. The molecule has 0 radical (unpaired) electrons. The monoisotopic (exact) mass is 697 g/mol. The van der Waals surface area contributed by atoms with Crippen LogP contribution in [0.2, 0.25) is 0 Å². The fourth-order valence-corrected chi connectivity index (χ4v) is 7.24. The molecular formula is C30H31F4N5O6S2. The van der Waals surface area contributed by atoms with Crippen LogP contribution >= 0.6 is 0 Å². The van der Waals surface area contributed by atoms with Gasteiger partial charge in [-0.15, -0.1) is 0 Å². The van der Waals surface area contributed by atoms with Crippen molar-refractivity contribution >= 4 is 42.8 Å². The Bertz CT molecular complexity index is 2030. The van der Waals surface area contributed by atoms with Gasteiger partial charge in [-0.25, -0.2) is 40.0 Å². The van der Waals surface area contributed by atoms with Gasteiger partial charge >= 0.3 is 12.3 Å². The molecule has 4 aromatic rings. The number of likely N-dealkylation sites (tertiary alicyclic amines) is 1. The number of fused-ring (bicyclic) bond motifs is 1. The Morgan fingerprint density at radius 2 is 1.74 bits per heavy atom. The second-order valence-electron chi connectivity index (χ2n) is 11.9. The molecule has 11 nitrogen and oxygen atoms in total. The largest absolute Gasteiger partial charge is 0.444 e. The van der Waals surface area contributed by atoms with E-state index < -0.39 is 65.9 Å². The van der Waals surface area contributed by atoms with Crippen molar-refractivity contribution in [3.8, 4) is 11.3 Å². The van der Waals surface area contributed by atoms with Crippen LogP contribution in [0.25, 0.3) is 22.2 Å². The summed E-state index contributed by atoms with van der Waals surface area (Å²) in [5, 5.41) is 2.89. The first kappa shape index (κ1) is 34.1. The third-order valence-corrected chi connectivity index (χ3v) is 10.2. The van der Waals surface area contributed by atoms with Gasteiger partial charge in [-0.1, -0.05) is 24.3 Å². The lowest BCUT2D eigenvalue weighted by atomic mass is 10.1. The van der Waals surface area contributed by atoms with Gasteiger partial charge in [0.25, 0.3) is 10.0 Å². The van der Waals surface area contributed by atoms with E-state index in [2.05, 4.69) is 15.3 Å². The van der Waals surface area contributed by atoms with Crippen LogP contribution in [-0.4, -0.2) is 72.5 Å². The van der Waals surface area contributed by atoms with E-state index >= 15 is 0 Å². The van der Waals surface area contributed by atoms with Gasteiger partial charge in [0.15, 0.2) is 6.01 Å². The number of hydrogen-bond donors (Lipinski definition) is 1. The lowest BCUT2D eigenvalue weighted by Gasteiger charge is -2.34. The van der Waals surface area contributed by atoms with Crippen molar-refractivity contribution in [3.05, 3.63) is 66.5 Å². The fraction of sp³-hybridized carbons (Fsp3) is 0.367. The molecular weight excluding hydrogens is 666 g/mol. The molecule has 1 aliphatic heterocycles. The van der Waals surface area contributed by atoms with Crippen molar-refractivity contribution in [1.82, 2.24) is 18.8 Å². The highest BCUT2D eigenvalue weighted by atomic mass is 32.2. The molecule has 2 aromatic carbocycles. The molecule has 0 spiro atoms. The van der Waals surface area contributed by atoms with Crippen molar-refractivity contribution in [2.24, 2.45) is 0 Å². The Hall–Kier alpha value is -4.25. The predicted molar refractivity (Wildman–Crippen MR) is 165 cm³/mol. The first-order valence-electron chi connectivity index (χ1n) is 14.3. The molecule has 1 aliphatic rings. The van der Waals surface area contributed by atoms with Crippen molar-refractivity contribution < 1.29 is 43.9 Å². The molecule has 1 amide bonds. The molecule has 1 atom stereocenters. The minimum absolute atomic E-state index is 0.0915. The highest BCUT2D eigenvalue weighted by molar-refractivity contribution is 7.91. The summed E-state index contributed by atoms with van der Waals surface area (Å²) in [7, 11) is -8.97. The Morgan fingerprint density at radius 3 is 2.38 bits per heavy atom. The summed E-state index contributed by atoms with van der Waals surface area (Å²) in [4.78, 5) is 21.4. The predicted octanol–water partition coefficient (Wildman–Crippen LogP) is 5.87. The van der Waals surface area contributed by atoms with E-state index in [1.165, 1.54) is 29.2 Å². The van der Waals surface area contributed by atoms with Crippen LogP contribution in [0.4, 0.5) is 28.3 Å². The number of rotatable bonds is 7. The van der Waals surface area contributed by atoms with Gasteiger partial charge in [-0.2, -0.15) is 13.2 Å². The molecule has 0 saturated carbocycles. The Morgan fingerprint density at radius 1 is 1.04 bits per heavy atom. The smallest absolute Gasteiger partial charge is 0.419 e. The molecule has 1 fully saturated rings. The van der Waals surface area contributed by atoms with Gasteiger partial charge in [0.1, 0.15) is 11.2 Å². The number of ether oxygens (including phenoxy) is 1. The van der Waals surface area contributed by atoms with E-state index in [9.17, 15) is 39.2 Å². The molecule has 252 valence electrons. The second kappa shape index (κ2) is 12.4. The summed E-state index contributed by atoms with van der Waals surface area (Å²) >= 11 is 0. The van der Waals surface area contributed by atoms with Crippen molar-refractivity contribution in [3.63, 3.8) is 0 Å². The van der Waals surface area contributed by atoms with Gasteiger partial charge in [0.2, 0.25) is 15.8 Å². The topological polar surface area (TPSA) is 141 Å². The van der Waals surface area contributed by atoms with E-state index in [0.717, 1.165) is 24.4 Å². The first-order valence-corrected chi connectivity index (χ1v) is 17.4. The van der Waals surface area contributed by atoms with Crippen LogP contribution in [0.5, 0.6) is 0 Å². The van der Waals surface area contributed by atoms with Crippen LogP contribution < -0.4 is 5.32 Å². The number of benzene rings is 2. The lowest BCUT2D eigenvalue weighted by Crippen LogP contribution is -2.47. The van der Waals surface area contributed by atoms with Crippen molar-refractivity contribution in [2.45, 2.75) is 61.2 Å². The highest BCUT2D eigenvalue weighted by Crippen LogP contribution is 2.41. The van der Waals surface area contributed by atoms with E-state index in [1.807, 2.05) is 0 Å². The summed E-state index contributed by atoms with van der Waals surface area (Å²) in [5.74, 6) is -0.215. The molecule has 0 unspecified atom stereocenters. The minimum atomic E-state index is -4.98. The van der Waals surface area contributed by atoms with Gasteiger partial charge in [0.05, 0.1) is 21.0 Å². The number of piperidine rings is 1. The van der Waals surface area contributed by atoms with Crippen LogP contribution in [0.1, 0.15) is 39.2 Å². The number of amides is 1. The molecule has 3 heterocycles. The SMILES string of the molecule is CC(C)(C)OC(=O)N1CCC[C@H](Nc2ncc(C(F)(F)F)c(-c3cn(S(=O)(=O)c4ccccc4)c4cc(S(=O)(=O)CF)ccc34)n2)C1. The molecule has 1 saturated heterocycles. The first-order chi connectivity index (χ1) is 21.9. The van der Waals surface area contributed by atoms with Gasteiger partial charge in [0, 0.05) is 42.5 Å². The zero-order valence-corrected chi connectivity index (χ0v) is 27.1. The minimum Gasteiger partial charge on any atom is -0.444 e. The van der Waals surface area contributed by atoms with E-state index in [0.29, 0.717) is 29.6 Å². The summed E-state index contributed by atoms with van der Waals surface area (Å²) in [6.45, 7) is 5.76. The van der Waals surface area contributed by atoms with E-state index in [-0.39, 0.29) is 33.9 Å². The Kier molecular flexibility index (Phi) is 9.00. The van der Waals surface area contributed by atoms with Gasteiger partial charge < -0.3 is 15.0 Å².